The Balaban J connectivity index is 1.92. The van der Waals surface area contributed by atoms with Gasteiger partial charge in [0.15, 0.2) is 0 Å². The molecule has 5 heteroatoms. The summed E-state index contributed by atoms with van der Waals surface area (Å²) in [7, 11) is 0. The summed E-state index contributed by atoms with van der Waals surface area (Å²) in [6, 6.07) is 6.06. The second kappa shape index (κ2) is 4.92. The van der Waals surface area contributed by atoms with E-state index < -0.39 is 18.0 Å². The number of carbonyl (C=O) groups is 1. The molecule has 106 valence electrons. The Labute approximate surface area is 116 Å². The van der Waals surface area contributed by atoms with Crippen LogP contribution in [-0.2, 0) is 4.79 Å². The first kappa shape index (κ1) is 13.1. The van der Waals surface area contributed by atoms with Gasteiger partial charge in [0.1, 0.15) is 0 Å². The molecule has 2 aromatic rings. The molecule has 1 aromatic carbocycles. The maximum atomic E-state index is 11.0. The van der Waals surface area contributed by atoms with Crippen molar-refractivity contribution in [3.8, 4) is 0 Å². The molecule has 3 atom stereocenters. The zero-order valence-electron chi connectivity index (χ0n) is 11.3. The fourth-order valence-corrected chi connectivity index (χ4v) is 3.06. The molecule has 1 aliphatic rings. The van der Waals surface area contributed by atoms with E-state index in [2.05, 4.69) is 23.3 Å². The van der Waals surface area contributed by atoms with Crippen molar-refractivity contribution in [3.63, 3.8) is 0 Å². The highest BCUT2D eigenvalue weighted by atomic mass is 16.4. The van der Waals surface area contributed by atoms with Gasteiger partial charge in [-0.15, -0.1) is 0 Å². The average molecular weight is 274 g/mol. The highest BCUT2D eigenvalue weighted by Crippen LogP contribution is 2.32. The Morgan fingerprint density at radius 2 is 2.20 bits per heavy atom. The predicted octanol–water partition coefficient (Wildman–Crippen LogP) is 1.57. The van der Waals surface area contributed by atoms with Gasteiger partial charge in [0.05, 0.1) is 12.0 Å². The Morgan fingerprint density at radius 1 is 1.40 bits per heavy atom. The third-order valence-electron chi connectivity index (χ3n) is 4.16. The van der Waals surface area contributed by atoms with Crippen LogP contribution >= 0.6 is 0 Å². The Kier molecular flexibility index (Phi) is 3.23. The second-order valence-electron chi connectivity index (χ2n) is 5.45. The highest BCUT2D eigenvalue weighted by molar-refractivity contribution is 5.87. The predicted molar refractivity (Wildman–Crippen MR) is 75.5 cm³/mol. The molecule has 0 aliphatic carbocycles. The molecular weight excluding hydrogens is 256 g/mol. The normalized spacial score (nSPS) is 26.8. The topological polar surface area (TPSA) is 85.3 Å². The number of hydrogen-bond acceptors (Lipinski definition) is 3. The van der Waals surface area contributed by atoms with Crippen molar-refractivity contribution >= 4 is 16.9 Å². The van der Waals surface area contributed by atoms with Gasteiger partial charge >= 0.3 is 5.97 Å². The molecule has 3 unspecified atom stereocenters. The minimum absolute atomic E-state index is 0.0181. The van der Waals surface area contributed by atoms with Crippen molar-refractivity contribution in [2.75, 3.05) is 6.54 Å². The summed E-state index contributed by atoms with van der Waals surface area (Å²) < 4.78 is 0. The van der Waals surface area contributed by atoms with E-state index in [0.29, 0.717) is 13.0 Å². The summed E-state index contributed by atoms with van der Waals surface area (Å²) in [6.07, 6.45) is 1.55. The number of benzene rings is 1. The molecule has 0 spiro atoms. The Bertz CT molecular complexity index is 650. The van der Waals surface area contributed by atoms with E-state index in [9.17, 15) is 9.90 Å². The third kappa shape index (κ3) is 2.09. The number of piperidine rings is 1. The lowest BCUT2D eigenvalue weighted by Crippen LogP contribution is -2.45. The van der Waals surface area contributed by atoms with Gasteiger partial charge in [-0.2, -0.15) is 0 Å². The van der Waals surface area contributed by atoms with Crippen LogP contribution in [0.25, 0.3) is 10.9 Å². The van der Waals surface area contributed by atoms with E-state index in [1.54, 1.807) is 0 Å². The molecule has 0 amide bonds. The number of aryl methyl sites for hydroxylation is 1. The lowest BCUT2D eigenvalue weighted by Gasteiger charge is -2.32. The smallest absolute Gasteiger partial charge is 0.310 e. The number of carboxylic acid groups (broad SMARTS) is 1. The molecule has 0 radical (unpaired) electrons. The molecule has 2 heterocycles. The van der Waals surface area contributed by atoms with Gasteiger partial charge in [-0.05, 0) is 30.5 Å². The molecule has 5 nitrogen and oxygen atoms in total. The minimum Gasteiger partial charge on any atom is -0.481 e. The zero-order chi connectivity index (χ0) is 14.3. The van der Waals surface area contributed by atoms with Gasteiger partial charge in [-0.25, -0.2) is 0 Å². The van der Waals surface area contributed by atoms with Gasteiger partial charge in [0, 0.05) is 29.7 Å². The van der Waals surface area contributed by atoms with Gasteiger partial charge in [0.25, 0.3) is 0 Å². The molecule has 20 heavy (non-hydrogen) atoms. The number of aromatic amines is 1. The van der Waals surface area contributed by atoms with Crippen molar-refractivity contribution in [2.24, 2.45) is 5.92 Å². The van der Waals surface area contributed by atoms with E-state index in [1.165, 1.54) is 5.56 Å². The summed E-state index contributed by atoms with van der Waals surface area (Å²) in [4.78, 5) is 14.3. The van der Waals surface area contributed by atoms with E-state index in [4.69, 9.17) is 5.11 Å². The van der Waals surface area contributed by atoms with Gasteiger partial charge < -0.3 is 20.5 Å². The molecule has 1 aliphatic heterocycles. The highest BCUT2D eigenvalue weighted by Gasteiger charge is 2.34. The molecule has 0 saturated carbocycles. The van der Waals surface area contributed by atoms with Crippen LogP contribution < -0.4 is 5.32 Å². The van der Waals surface area contributed by atoms with Crippen LogP contribution in [0.1, 0.15) is 23.6 Å². The van der Waals surface area contributed by atoms with E-state index >= 15 is 0 Å². The number of hydrogen-bond donors (Lipinski definition) is 4. The van der Waals surface area contributed by atoms with Crippen LogP contribution in [-0.4, -0.2) is 33.8 Å². The number of aliphatic carboxylic acids is 1. The summed E-state index contributed by atoms with van der Waals surface area (Å²) in [5.74, 6) is -1.67. The summed E-state index contributed by atoms with van der Waals surface area (Å²) in [6.45, 7) is 2.35. The number of aromatic nitrogens is 1. The molecular formula is C15H18N2O3. The molecule has 0 bridgehead atoms. The van der Waals surface area contributed by atoms with Crippen LogP contribution in [0, 0.1) is 12.8 Å². The number of rotatable bonds is 2. The first-order chi connectivity index (χ1) is 9.58. The number of H-pyrrole nitrogens is 1. The van der Waals surface area contributed by atoms with Gasteiger partial charge in [-0.1, -0.05) is 12.1 Å². The monoisotopic (exact) mass is 274 g/mol. The second-order valence-corrected chi connectivity index (χ2v) is 5.45. The van der Waals surface area contributed by atoms with Crippen LogP contribution in [0.3, 0.4) is 0 Å². The van der Waals surface area contributed by atoms with Crippen LogP contribution in [0.5, 0.6) is 0 Å². The zero-order valence-corrected chi connectivity index (χ0v) is 11.3. The molecule has 1 aromatic heterocycles. The maximum absolute atomic E-state index is 11.0. The van der Waals surface area contributed by atoms with E-state index in [1.807, 2.05) is 18.3 Å². The molecule has 4 N–H and O–H groups in total. The van der Waals surface area contributed by atoms with Crippen molar-refractivity contribution in [1.82, 2.24) is 10.3 Å². The summed E-state index contributed by atoms with van der Waals surface area (Å²) >= 11 is 0. The maximum Gasteiger partial charge on any atom is 0.310 e. The first-order valence-corrected chi connectivity index (χ1v) is 6.78. The van der Waals surface area contributed by atoms with E-state index in [0.717, 1.165) is 16.5 Å². The van der Waals surface area contributed by atoms with Crippen LogP contribution in [0.4, 0.5) is 0 Å². The molecule has 1 saturated heterocycles. The SMILES string of the molecule is Cc1cccc2[nH]cc(C3CC(O)C(C(=O)O)CN3)c12. The largest absolute Gasteiger partial charge is 0.481 e. The Morgan fingerprint density at radius 3 is 2.90 bits per heavy atom. The number of carboxylic acids is 1. The van der Waals surface area contributed by atoms with Crippen LogP contribution in [0.2, 0.25) is 0 Å². The van der Waals surface area contributed by atoms with Gasteiger partial charge in [0.2, 0.25) is 0 Å². The Hall–Kier alpha value is -1.85. The van der Waals surface area contributed by atoms with E-state index in [-0.39, 0.29) is 6.04 Å². The lowest BCUT2D eigenvalue weighted by molar-refractivity contribution is -0.147. The minimum atomic E-state index is -0.946. The summed E-state index contributed by atoms with van der Waals surface area (Å²) in [5.41, 5.74) is 3.34. The average Bonchev–Trinajstić information content (AvgIpc) is 2.83. The van der Waals surface area contributed by atoms with Crippen molar-refractivity contribution < 1.29 is 15.0 Å². The first-order valence-electron chi connectivity index (χ1n) is 6.78. The third-order valence-corrected chi connectivity index (χ3v) is 4.16. The molecule has 1 fully saturated rings. The van der Waals surface area contributed by atoms with Crippen molar-refractivity contribution in [2.45, 2.75) is 25.5 Å². The fraction of sp³-hybridized carbons (Fsp3) is 0.400. The fourth-order valence-electron chi connectivity index (χ4n) is 3.06. The standard InChI is InChI=1S/C15H18N2O3/c1-8-3-2-4-11-14(8)9(6-16-11)12-5-13(18)10(7-17-12)15(19)20/h2-4,6,10,12-13,16-18H,5,7H2,1H3,(H,19,20). The number of fused-ring (bicyclic) bond motifs is 1. The number of aliphatic hydroxyl groups excluding tert-OH is 1. The number of aliphatic hydroxyl groups is 1. The number of nitrogens with one attached hydrogen (secondary N) is 2. The van der Waals surface area contributed by atoms with Gasteiger partial charge in [-0.3, -0.25) is 4.79 Å². The van der Waals surface area contributed by atoms with Crippen molar-refractivity contribution in [1.29, 1.82) is 0 Å². The van der Waals surface area contributed by atoms with Crippen molar-refractivity contribution in [3.05, 3.63) is 35.5 Å². The lowest BCUT2D eigenvalue weighted by atomic mass is 9.88. The molecule has 3 rings (SSSR count). The summed E-state index contributed by atoms with van der Waals surface area (Å²) in [5, 5.41) is 23.5. The van der Waals surface area contributed by atoms with Crippen LogP contribution in [0.15, 0.2) is 24.4 Å². The quantitative estimate of drug-likeness (QED) is 0.669.